The standard InChI is InChI=1S/C17H29N3O2/c1-13(2)5-6-19-7-9-20(10-8-19)17(21)18-12-16-11-14(3)22-15(16)4/h11,13H,5-10,12H2,1-4H3,(H,18,21). The lowest BCUT2D eigenvalue weighted by Gasteiger charge is -2.35. The zero-order valence-corrected chi connectivity index (χ0v) is 14.3. The number of piperazine rings is 1. The summed E-state index contributed by atoms with van der Waals surface area (Å²) in [5.74, 6) is 2.51. The van der Waals surface area contributed by atoms with Crippen molar-refractivity contribution in [1.29, 1.82) is 0 Å². The second kappa shape index (κ2) is 7.68. The van der Waals surface area contributed by atoms with Crippen molar-refractivity contribution in [1.82, 2.24) is 15.1 Å². The number of hydrogen-bond donors (Lipinski definition) is 1. The maximum atomic E-state index is 12.2. The van der Waals surface area contributed by atoms with Crippen LogP contribution in [0.25, 0.3) is 0 Å². The number of rotatable bonds is 5. The van der Waals surface area contributed by atoms with Crippen LogP contribution in [0.4, 0.5) is 4.79 Å². The highest BCUT2D eigenvalue weighted by molar-refractivity contribution is 5.74. The molecule has 0 radical (unpaired) electrons. The van der Waals surface area contributed by atoms with Crippen LogP contribution in [-0.2, 0) is 6.54 Å². The molecule has 0 saturated carbocycles. The normalized spacial score (nSPS) is 16.3. The number of nitrogens with zero attached hydrogens (tertiary/aromatic N) is 2. The molecular weight excluding hydrogens is 278 g/mol. The summed E-state index contributed by atoms with van der Waals surface area (Å²) in [5.41, 5.74) is 1.06. The summed E-state index contributed by atoms with van der Waals surface area (Å²) in [6.45, 7) is 13.6. The first kappa shape index (κ1) is 16.9. The van der Waals surface area contributed by atoms with Gasteiger partial charge < -0.3 is 14.6 Å². The smallest absolute Gasteiger partial charge is 0.317 e. The molecule has 1 fully saturated rings. The lowest BCUT2D eigenvalue weighted by Crippen LogP contribution is -2.51. The van der Waals surface area contributed by atoms with Gasteiger partial charge in [-0.15, -0.1) is 0 Å². The number of carbonyl (C=O) groups excluding carboxylic acids is 1. The fourth-order valence-corrected chi connectivity index (χ4v) is 2.76. The summed E-state index contributed by atoms with van der Waals surface area (Å²) in [7, 11) is 0. The molecule has 0 aromatic carbocycles. The molecule has 0 bridgehead atoms. The van der Waals surface area contributed by atoms with E-state index in [0.717, 1.165) is 55.7 Å². The molecule has 1 aliphatic heterocycles. The second-order valence-corrected chi connectivity index (χ2v) is 6.61. The Morgan fingerprint density at radius 1 is 1.27 bits per heavy atom. The van der Waals surface area contributed by atoms with Crippen molar-refractivity contribution >= 4 is 6.03 Å². The van der Waals surface area contributed by atoms with E-state index in [9.17, 15) is 4.79 Å². The summed E-state index contributed by atoms with van der Waals surface area (Å²) >= 11 is 0. The van der Waals surface area contributed by atoms with E-state index < -0.39 is 0 Å². The Balaban J connectivity index is 1.72. The summed E-state index contributed by atoms with van der Waals surface area (Å²) in [6, 6.07) is 2.01. The Labute approximate surface area is 133 Å². The van der Waals surface area contributed by atoms with E-state index in [1.54, 1.807) is 0 Å². The molecule has 124 valence electrons. The van der Waals surface area contributed by atoms with Gasteiger partial charge in [0.05, 0.1) is 0 Å². The van der Waals surface area contributed by atoms with E-state index >= 15 is 0 Å². The first-order chi connectivity index (χ1) is 10.5. The predicted molar refractivity (Wildman–Crippen MR) is 87.9 cm³/mol. The minimum atomic E-state index is 0.0294. The maximum Gasteiger partial charge on any atom is 0.317 e. The van der Waals surface area contributed by atoms with Gasteiger partial charge >= 0.3 is 6.03 Å². The second-order valence-electron chi connectivity index (χ2n) is 6.61. The minimum absolute atomic E-state index is 0.0294. The number of furan rings is 1. The predicted octanol–water partition coefficient (Wildman–Crippen LogP) is 2.77. The van der Waals surface area contributed by atoms with Crippen LogP contribution < -0.4 is 5.32 Å². The van der Waals surface area contributed by atoms with Gasteiger partial charge in [-0.2, -0.15) is 0 Å². The molecule has 5 heteroatoms. The molecule has 22 heavy (non-hydrogen) atoms. The molecule has 5 nitrogen and oxygen atoms in total. The number of hydrogen-bond acceptors (Lipinski definition) is 3. The molecule has 2 rings (SSSR count). The van der Waals surface area contributed by atoms with Crippen LogP contribution in [0.15, 0.2) is 10.5 Å². The van der Waals surface area contributed by atoms with Gasteiger partial charge in [-0.05, 0) is 38.8 Å². The van der Waals surface area contributed by atoms with Crippen LogP contribution in [-0.4, -0.2) is 48.6 Å². The molecule has 1 aliphatic rings. The average molecular weight is 307 g/mol. The van der Waals surface area contributed by atoms with Gasteiger partial charge in [0.2, 0.25) is 0 Å². The van der Waals surface area contributed by atoms with Crippen LogP contribution in [0.3, 0.4) is 0 Å². The van der Waals surface area contributed by atoms with Crippen molar-refractivity contribution in [2.45, 2.75) is 40.7 Å². The Bertz CT molecular complexity index is 488. The van der Waals surface area contributed by atoms with Crippen LogP contribution in [0.2, 0.25) is 0 Å². The Morgan fingerprint density at radius 3 is 2.50 bits per heavy atom. The zero-order valence-electron chi connectivity index (χ0n) is 14.3. The number of amides is 2. The Morgan fingerprint density at radius 2 is 1.95 bits per heavy atom. The Hall–Kier alpha value is -1.49. The average Bonchev–Trinajstić information content (AvgIpc) is 2.81. The van der Waals surface area contributed by atoms with Gasteiger partial charge in [0.15, 0.2) is 0 Å². The molecule has 2 amide bonds. The fourth-order valence-electron chi connectivity index (χ4n) is 2.76. The van der Waals surface area contributed by atoms with E-state index in [-0.39, 0.29) is 6.03 Å². The number of carbonyl (C=O) groups is 1. The monoisotopic (exact) mass is 307 g/mol. The molecule has 0 aliphatic carbocycles. The molecule has 1 saturated heterocycles. The van der Waals surface area contributed by atoms with Crippen molar-refractivity contribution in [3.63, 3.8) is 0 Å². The molecule has 2 heterocycles. The van der Waals surface area contributed by atoms with E-state index in [2.05, 4.69) is 24.1 Å². The van der Waals surface area contributed by atoms with Crippen LogP contribution in [0, 0.1) is 19.8 Å². The van der Waals surface area contributed by atoms with Crippen molar-refractivity contribution < 1.29 is 9.21 Å². The fraction of sp³-hybridized carbons (Fsp3) is 0.706. The largest absolute Gasteiger partial charge is 0.466 e. The van der Waals surface area contributed by atoms with Crippen molar-refractivity contribution in [3.05, 3.63) is 23.2 Å². The highest BCUT2D eigenvalue weighted by atomic mass is 16.3. The number of nitrogens with one attached hydrogen (secondary N) is 1. The summed E-state index contributed by atoms with van der Waals surface area (Å²) < 4.78 is 5.48. The highest BCUT2D eigenvalue weighted by Crippen LogP contribution is 2.13. The zero-order chi connectivity index (χ0) is 16.1. The van der Waals surface area contributed by atoms with E-state index in [0.29, 0.717) is 6.54 Å². The van der Waals surface area contributed by atoms with E-state index in [1.165, 1.54) is 6.42 Å². The number of aryl methyl sites for hydroxylation is 2. The van der Waals surface area contributed by atoms with E-state index in [4.69, 9.17) is 4.42 Å². The maximum absolute atomic E-state index is 12.2. The first-order valence-corrected chi connectivity index (χ1v) is 8.26. The lowest BCUT2D eigenvalue weighted by atomic mass is 10.1. The van der Waals surface area contributed by atoms with Gasteiger partial charge in [0, 0.05) is 38.3 Å². The van der Waals surface area contributed by atoms with Gasteiger partial charge in [-0.25, -0.2) is 4.79 Å². The molecule has 1 N–H and O–H groups in total. The van der Waals surface area contributed by atoms with Gasteiger partial charge in [-0.1, -0.05) is 13.8 Å². The van der Waals surface area contributed by atoms with E-state index in [1.807, 2.05) is 24.8 Å². The van der Waals surface area contributed by atoms with Crippen molar-refractivity contribution in [2.75, 3.05) is 32.7 Å². The quantitative estimate of drug-likeness (QED) is 0.910. The summed E-state index contributed by atoms with van der Waals surface area (Å²) in [4.78, 5) is 16.6. The molecule has 0 atom stereocenters. The topological polar surface area (TPSA) is 48.7 Å². The summed E-state index contributed by atoms with van der Waals surface area (Å²) in [6.07, 6.45) is 1.23. The lowest BCUT2D eigenvalue weighted by molar-refractivity contribution is 0.135. The van der Waals surface area contributed by atoms with Crippen molar-refractivity contribution in [3.8, 4) is 0 Å². The van der Waals surface area contributed by atoms with Crippen LogP contribution in [0.5, 0.6) is 0 Å². The minimum Gasteiger partial charge on any atom is -0.466 e. The van der Waals surface area contributed by atoms with Crippen LogP contribution >= 0.6 is 0 Å². The molecule has 0 unspecified atom stereocenters. The Kier molecular flexibility index (Phi) is 5.89. The molecule has 1 aromatic heterocycles. The third-order valence-electron chi connectivity index (χ3n) is 4.26. The number of urea groups is 1. The molecule has 1 aromatic rings. The van der Waals surface area contributed by atoms with Gasteiger partial charge in [-0.3, -0.25) is 4.90 Å². The van der Waals surface area contributed by atoms with Gasteiger partial charge in [0.1, 0.15) is 11.5 Å². The first-order valence-electron chi connectivity index (χ1n) is 8.26. The highest BCUT2D eigenvalue weighted by Gasteiger charge is 2.21. The third-order valence-corrected chi connectivity index (χ3v) is 4.26. The van der Waals surface area contributed by atoms with Crippen LogP contribution in [0.1, 0.15) is 37.4 Å². The molecule has 0 spiro atoms. The van der Waals surface area contributed by atoms with Crippen molar-refractivity contribution in [2.24, 2.45) is 5.92 Å². The molecular formula is C17H29N3O2. The SMILES string of the molecule is Cc1cc(CNC(=O)N2CCN(CCC(C)C)CC2)c(C)o1. The summed E-state index contributed by atoms with van der Waals surface area (Å²) in [5, 5.41) is 3.00. The van der Waals surface area contributed by atoms with Gasteiger partial charge in [0.25, 0.3) is 0 Å². The third kappa shape index (κ3) is 4.77.